The summed E-state index contributed by atoms with van der Waals surface area (Å²) in [7, 11) is 3.19. The van der Waals surface area contributed by atoms with Crippen molar-refractivity contribution in [3.05, 3.63) is 35.5 Å². The van der Waals surface area contributed by atoms with Gasteiger partial charge < -0.3 is 14.8 Å². The fraction of sp³-hybridized carbons (Fsp3) is 0.444. The van der Waals surface area contributed by atoms with E-state index in [0.29, 0.717) is 18.0 Å². The van der Waals surface area contributed by atoms with E-state index in [1.54, 1.807) is 35.0 Å². The van der Waals surface area contributed by atoms with Gasteiger partial charge in [-0.1, -0.05) is 26.8 Å². The SMILES string of the molecule is COc1ccc(CCN/C=C(/C#N)C(=O)C(C)(C)C)cc1OC. The molecule has 0 aliphatic rings. The lowest BCUT2D eigenvalue weighted by molar-refractivity contribution is -0.122. The van der Waals surface area contributed by atoms with Crippen LogP contribution in [0.5, 0.6) is 11.5 Å². The topological polar surface area (TPSA) is 71.3 Å². The number of benzene rings is 1. The van der Waals surface area contributed by atoms with E-state index < -0.39 is 5.41 Å². The zero-order valence-electron chi connectivity index (χ0n) is 14.4. The van der Waals surface area contributed by atoms with Crippen LogP contribution in [-0.4, -0.2) is 26.5 Å². The highest BCUT2D eigenvalue weighted by Gasteiger charge is 2.24. The molecule has 0 saturated heterocycles. The van der Waals surface area contributed by atoms with E-state index in [0.717, 1.165) is 12.0 Å². The van der Waals surface area contributed by atoms with Crippen LogP contribution in [0.1, 0.15) is 26.3 Å². The summed E-state index contributed by atoms with van der Waals surface area (Å²) in [6.07, 6.45) is 2.23. The highest BCUT2D eigenvalue weighted by atomic mass is 16.5. The molecule has 0 unspecified atom stereocenters. The number of nitriles is 1. The molecular formula is C18H24N2O3. The average molecular weight is 316 g/mol. The van der Waals surface area contributed by atoms with Gasteiger partial charge in [-0.3, -0.25) is 4.79 Å². The molecule has 0 heterocycles. The predicted molar refractivity (Wildman–Crippen MR) is 89.4 cm³/mol. The number of Topliss-reactive ketones (excluding diaryl/α,β-unsaturated/α-hetero) is 1. The van der Waals surface area contributed by atoms with Crippen molar-refractivity contribution in [3.8, 4) is 17.6 Å². The Kier molecular flexibility index (Phi) is 6.65. The quantitative estimate of drug-likeness (QED) is 0.476. The molecule has 0 radical (unpaired) electrons. The molecule has 1 aromatic carbocycles. The third-order valence-electron chi connectivity index (χ3n) is 3.30. The summed E-state index contributed by atoms with van der Waals surface area (Å²) in [5, 5.41) is 12.1. The van der Waals surface area contributed by atoms with Crippen LogP contribution in [-0.2, 0) is 11.2 Å². The van der Waals surface area contributed by atoms with Crippen molar-refractivity contribution in [3.63, 3.8) is 0 Å². The van der Waals surface area contributed by atoms with Crippen molar-refractivity contribution in [2.75, 3.05) is 20.8 Å². The van der Waals surface area contributed by atoms with E-state index in [1.165, 1.54) is 6.20 Å². The number of ether oxygens (including phenoxy) is 2. The smallest absolute Gasteiger partial charge is 0.180 e. The molecule has 5 nitrogen and oxygen atoms in total. The van der Waals surface area contributed by atoms with Gasteiger partial charge in [0.25, 0.3) is 0 Å². The van der Waals surface area contributed by atoms with Crippen molar-refractivity contribution < 1.29 is 14.3 Å². The molecule has 5 heteroatoms. The van der Waals surface area contributed by atoms with E-state index in [-0.39, 0.29) is 11.4 Å². The number of carbonyl (C=O) groups excluding carboxylic acids is 1. The van der Waals surface area contributed by atoms with Crippen LogP contribution in [0.2, 0.25) is 0 Å². The van der Waals surface area contributed by atoms with Gasteiger partial charge in [0.1, 0.15) is 11.6 Å². The second kappa shape index (κ2) is 8.23. The summed E-state index contributed by atoms with van der Waals surface area (Å²) in [6.45, 7) is 6.00. The Labute approximate surface area is 137 Å². The van der Waals surface area contributed by atoms with Crippen molar-refractivity contribution >= 4 is 5.78 Å². The maximum atomic E-state index is 12.1. The van der Waals surface area contributed by atoms with Crippen molar-refractivity contribution in [1.82, 2.24) is 5.32 Å². The van der Waals surface area contributed by atoms with Gasteiger partial charge >= 0.3 is 0 Å². The highest BCUT2D eigenvalue weighted by Crippen LogP contribution is 2.27. The Morgan fingerprint density at radius 1 is 1.26 bits per heavy atom. The second-order valence-electron chi connectivity index (χ2n) is 6.14. The molecule has 0 aliphatic heterocycles. The Balaban J connectivity index is 2.65. The van der Waals surface area contributed by atoms with Gasteiger partial charge in [-0.2, -0.15) is 5.26 Å². The van der Waals surface area contributed by atoms with Crippen LogP contribution in [0.25, 0.3) is 0 Å². The molecule has 0 aromatic heterocycles. The van der Waals surface area contributed by atoms with Gasteiger partial charge in [0, 0.05) is 18.2 Å². The number of ketones is 1. The number of methoxy groups -OCH3 is 2. The lowest BCUT2D eigenvalue weighted by atomic mass is 9.87. The fourth-order valence-electron chi connectivity index (χ4n) is 1.98. The van der Waals surface area contributed by atoms with E-state index in [1.807, 2.05) is 24.3 Å². The Morgan fingerprint density at radius 2 is 1.91 bits per heavy atom. The molecule has 0 spiro atoms. The molecule has 1 rings (SSSR count). The van der Waals surface area contributed by atoms with Crippen LogP contribution < -0.4 is 14.8 Å². The van der Waals surface area contributed by atoms with Gasteiger partial charge in [-0.05, 0) is 24.1 Å². The zero-order chi connectivity index (χ0) is 17.5. The first-order chi connectivity index (χ1) is 10.8. The predicted octanol–water partition coefficient (Wildman–Crippen LogP) is 2.86. The Hall–Kier alpha value is -2.48. The van der Waals surface area contributed by atoms with E-state index in [2.05, 4.69) is 5.32 Å². The van der Waals surface area contributed by atoms with Crippen molar-refractivity contribution in [1.29, 1.82) is 5.26 Å². The standard InChI is InChI=1S/C18H24N2O3/c1-18(2,3)17(21)14(11-19)12-20-9-8-13-6-7-15(22-4)16(10-13)23-5/h6-7,10,12,20H,8-9H2,1-5H3/b14-12-. The molecule has 0 atom stereocenters. The first-order valence-electron chi connectivity index (χ1n) is 7.42. The number of hydrogen-bond acceptors (Lipinski definition) is 5. The normalized spacial score (nSPS) is 11.6. The largest absolute Gasteiger partial charge is 0.493 e. The monoisotopic (exact) mass is 316 g/mol. The van der Waals surface area contributed by atoms with E-state index >= 15 is 0 Å². The molecule has 23 heavy (non-hydrogen) atoms. The van der Waals surface area contributed by atoms with Crippen LogP contribution in [0, 0.1) is 16.7 Å². The van der Waals surface area contributed by atoms with Crippen LogP contribution in [0.3, 0.4) is 0 Å². The summed E-state index contributed by atoms with van der Waals surface area (Å²) in [6, 6.07) is 7.68. The van der Waals surface area contributed by atoms with Gasteiger partial charge in [0.15, 0.2) is 17.3 Å². The minimum Gasteiger partial charge on any atom is -0.493 e. The molecular weight excluding hydrogens is 292 g/mol. The molecule has 1 aromatic rings. The number of allylic oxidation sites excluding steroid dienone is 1. The number of nitrogens with one attached hydrogen (secondary N) is 1. The number of rotatable bonds is 7. The van der Waals surface area contributed by atoms with Crippen molar-refractivity contribution in [2.24, 2.45) is 5.41 Å². The maximum absolute atomic E-state index is 12.1. The van der Waals surface area contributed by atoms with Gasteiger partial charge in [-0.25, -0.2) is 0 Å². The Bertz CT molecular complexity index is 622. The van der Waals surface area contributed by atoms with Gasteiger partial charge in [-0.15, -0.1) is 0 Å². The number of nitrogens with zero attached hydrogens (tertiary/aromatic N) is 1. The maximum Gasteiger partial charge on any atom is 0.180 e. The zero-order valence-corrected chi connectivity index (χ0v) is 14.4. The van der Waals surface area contributed by atoms with Crippen molar-refractivity contribution in [2.45, 2.75) is 27.2 Å². The first kappa shape index (κ1) is 18.6. The summed E-state index contributed by atoms with van der Waals surface area (Å²) in [4.78, 5) is 12.1. The van der Waals surface area contributed by atoms with Crippen LogP contribution >= 0.6 is 0 Å². The fourth-order valence-corrected chi connectivity index (χ4v) is 1.98. The van der Waals surface area contributed by atoms with Gasteiger partial charge in [0.2, 0.25) is 0 Å². The van der Waals surface area contributed by atoms with Crippen LogP contribution in [0.15, 0.2) is 30.0 Å². The molecule has 0 bridgehead atoms. The third kappa shape index (κ3) is 5.33. The summed E-state index contributed by atoms with van der Waals surface area (Å²) < 4.78 is 10.5. The molecule has 0 amide bonds. The summed E-state index contributed by atoms with van der Waals surface area (Å²) >= 11 is 0. The number of hydrogen-bond donors (Lipinski definition) is 1. The first-order valence-corrected chi connectivity index (χ1v) is 7.42. The number of carbonyl (C=O) groups is 1. The lowest BCUT2D eigenvalue weighted by Gasteiger charge is -2.15. The van der Waals surface area contributed by atoms with E-state index in [9.17, 15) is 4.79 Å². The summed E-state index contributed by atoms with van der Waals surface area (Å²) in [5.41, 5.74) is 0.654. The van der Waals surface area contributed by atoms with E-state index in [4.69, 9.17) is 14.7 Å². The lowest BCUT2D eigenvalue weighted by Crippen LogP contribution is -2.23. The Morgan fingerprint density at radius 3 is 2.43 bits per heavy atom. The van der Waals surface area contributed by atoms with Gasteiger partial charge in [0.05, 0.1) is 14.2 Å². The molecule has 0 fully saturated rings. The minimum atomic E-state index is -0.563. The second-order valence-corrected chi connectivity index (χ2v) is 6.14. The molecule has 0 saturated carbocycles. The molecule has 0 aliphatic carbocycles. The minimum absolute atomic E-state index is 0.143. The summed E-state index contributed by atoms with van der Waals surface area (Å²) in [5.74, 6) is 1.20. The highest BCUT2D eigenvalue weighted by molar-refractivity contribution is 6.02. The molecule has 124 valence electrons. The third-order valence-corrected chi connectivity index (χ3v) is 3.30. The molecule has 1 N–H and O–H groups in total. The average Bonchev–Trinajstić information content (AvgIpc) is 2.53. The van der Waals surface area contributed by atoms with Crippen LogP contribution in [0.4, 0.5) is 0 Å².